The van der Waals surface area contributed by atoms with Crippen LogP contribution in [0.1, 0.15) is 22.5 Å². The molecule has 3 aromatic rings. The van der Waals surface area contributed by atoms with Gasteiger partial charge in [-0.2, -0.15) is 5.26 Å². The summed E-state index contributed by atoms with van der Waals surface area (Å²) in [5.74, 6) is -0.110. The monoisotopic (exact) mass is 392 g/mol. The van der Waals surface area contributed by atoms with Gasteiger partial charge in [-0.05, 0) is 35.0 Å². The molecule has 3 rings (SSSR count). The molecule has 148 valence electrons. The zero-order valence-corrected chi connectivity index (χ0v) is 16.0. The van der Waals surface area contributed by atoms with E-state index in [2.05, 4.69) is 0 Å². The van der Waals surface area contributed by atoms with Crippen LogP contribution in [0.3, 0.4) is 0 Å². The molecule has 0 fully saturated rings. The van der Waals surface area contributed by atoms with Crippen molar-refractivity contribution in [1.82, 2.24) is 4.90 Å². The van der Waals surface area contributed by atoms with Gasteiger partial charge in [0, 0.05) is 6.54 Å². The fourth-order valence-electron chi connectivity index (χ4n) is 2.91. The predicted molar refractivity (Wildman–Crippen MR) is 105 cm³/mol. The normalized spacial score (nSPS) is 10.3. The van der Waals surface area contributed by atoms with Crippen molar-refractivity contribution in [2.75, 3.05) is 20.3 Å². The number of hydrogen-bond donors (Lipinski definition) is 0. The van der Waals surface area contributed by atoms with E-state index in [1.807, 2.05) is 30.3 Å². The van der Waals surface area contributed by atoms with Crippen molar-refractivity contribution in [3.63, 3.8) is 0 Å². The molecule has 1 aromatic heterocycles. The number of carbonyl (C=O) groups is 2. The molecule has 1 amide bonds. The fraction of sp³-hybridized carbons (Fsp3) is 0.227. The number of ether oxygens (including phenoxy) is 2. The number of hydrogen-bond acceptors (Lipinski definition) is 6. The highest BCUT2D eigenvalue weighted by molar-refractivity contribution is 5.99. The minimum absolute atomic E-state index is 0.166. The predicted octanol–water partition coefficient (Wildman–Crippen LogP) is 3.54. The van der Waals surface area contributed by atoms with Gasteiger partial charge < -0.3 is 18.8 Å². The van der Waals surface area contributed by atoms with Gasteiger partial charge in [-0.3, -0.25) is 4.79 Å². The Kier molecular flexibility index (Phi) is 6.48. The molecule has 0 bridgehead atoms. The lowest BCUT2D eigenvalue weighted by Gasteiger charge is -2.20. The average Bonchev–Trinajstić information content (AvgIpc) is 3.26. The van der Waals surface area contributed by atoms with Crippen LogP contribution >= 0.6 is 0 Å². The van der Waals surface area contributed by atoms with E-state index in [0.29, 0.717) is 11.5 Å². The Morgan fingerprint density at radius 2 is 1.90 bits per heavy atom. The van der Waals surface area contributed by atoms with Crippen molar-refractivity contribution < 1.29 is 23.5 Å². The highest BCUT2D eigenvalue weighted by atomic mass is 16.5. The molecule has 0 atom stereocenters. The number of amides is 1. The first-order valence-corrected chi connectivity index (χ1v) is 9.03. The lowest BCUT2D eigenvalue weighted by atomic mass is 10.1. The Balaban J connectivity index is 1.70. The van der Waals surface area contributed by atoms with Crippen molar-refractivity contribution in [3.8, 4) is 11.8 Å². The van der Waals surface area contributed by atoms with E-state index in [1.165, 1.54) is 18.3 Å². The molecule has 1 heterocycles. The van der Waals surface area contributed by atoms with Crippen molar-refractivity contribution in [1.29, 1.82) is 5.26 Å². The summed E-state index contributed by atoms with van der Waals surface area (Å²) in [5.41, 5.74) is 0.244. The van der Waals surface area contributed by atoms with E-state index in [-0.39, 0.29) is 25.1 Å². The molecule has 0 radical (unpaired) electrons. The van der Waals surface area contributed by atoms with Gasteiger partial charge in [0.15, 0.2) is 6.61 Å². The van der Waals surface area contributed by atoms with Gasteiger partial charge >= 0.3 is 5.97 Å². The molecular weight excluding hydrogens is 372 g/mol. The molecule has 0 saturated heterocycles. The van der Waals surface area contributed by atoms with E-state index < -0.39 is 18.5 Å². The van der Waals surface area contributed by atoms with Crippen LogP contribution in [0.4, 0.5) is 0 Å². The number of esters is 1. The summed E-state index contributed by atoms with van der Waals surface area (Å²) in [6, 6.07) is 16.4. The number of fused-ring (bicyclic) bond motifs is 1. The van der Waals surface area contributed by atoms with Gasteiger partial charge in [-0.25, -0.2) is 4.79 Å². The van der Waals surface area contributed by atoms with Crippen molar-refractivity contribution in [2.24, 2.45) is 0 Å². The van der Waals surface area contributed by atoms with Crippen LogP contribution in [-0.4, -0.2) is 37.0 Å². The molecule has 7 heteroatoms. The van der Waals surface area contributed by atoms with Gasteiger partial charge in [0.25, 0.3) is 5.91 Å². The maximum atomic E-state index is 12.6. The average molecular weight is 392 g/mol. The lowest BCUT2D eigenvalue weighted by molar-refractivity contribution is -0.135. The van der Waals surface area contributed by atoms with Gasteiger partial charge in [-0.15, -0.1) is 0 Å². The van der Waals surface area contributed by atoms with Gasteiger partial charge in [-0.1, -0.05) is 24.3 Å². The highest BCUT2D eigenvalue weighted by Crippen LogP contribution is 2.26. The maximum absolute atomic E-state index is 12.6. The molecular formula is C22H20N2O5. The zero-order valence-electron chi connectivity index (χ0n) is 16.0. The summed E-state index contributed by atoms with van der Waals surface area (Å²) >= 11 is 0. The summed E-state index contributed by atoms with van der Waals surface area (Å²) < 4.78 is 15.8. The third-order valence-electron chi connectivity index (χ3n) is 4.39. The molecule has 0 aliphatic rings. The molecule has 29 heavy (non-hydrogen) atoms. The van der Waals surface area contributed by atoms with Crippen molar-refractivity contribution >= 4 is 22.6 Å². The zero-order chi connectivity index (χ0) is 20.6. The first-order chi connectivity index (χ1) is 14.1. The third kappa shape index (κ3) is 4.93. The number of benzene rings is 2. The van der Waals surface area contributed by atoms with Crippen molar-refractivity contribution in [2.45, 2.75) is 13.0 Å². The van der Waals surface area contributed by atoms with E-state index >= 15 is 0 Å². The number of nitriles is 1. The quantitative estimate of drug-likeness (QED) is 0.545. The number of furan rings is 1. The van der Waals surface area contributed by atoms with E-state index in [1.54, 1.807) is 24.3 Å². The second-order valence-corrected chi connectivity index (χ2v) is 6.28. The summed E-state index contributed by atoms with van der Waals surface area (Å²) in [6.45, 7) is -0.0296. The maximum Gasteiger partial charge on any atom is 0.342 e. The third-order valence-corrected chi connectivity index (χ3v) is 4.39. The van der Waals surface area contributed by atoms with Gasteiger partial charge in [0.05, 0.1) is 32.4 Å². The Bertz CT molecular complexity index is 1040. The van der Waals surface area contributed by atoms with Gasteiger partial charge in [0.2, 0.25) is 0 Å². The molecule has 0 unspecified atom stereocenters. The topological polar surface area (TPSA) is 92.8 Å². The Morgan fingerprint density at radius 1 is 1.14 bits per heavy atom. The van der Waals surface area contributed by atoms with Crippen molar-refractivity contribution in [3.05, 3.63) is 66.1 Å². The summed E-state index contributed by atoms with van der Waals surface area (Å²) in [6.07, 6.45) is 1.67. The minimum atomic E-state index is -0.654. The molecule has 0 aliphatic carbocycles. The van der Waals surface area contributed by atoms with Crippen LogP contribution in [0.2, 0.25) is 0 Å². The Labute approximate surface area is 168 Å². The van der Waals surface area contributed by atoms with E-state index in [9.17, 15) is 9.59 Å². The summed E-state index contributed by atoms with van der Waals surface area (Å²) in [5, 5.41) is 10.6. The molecule has 2 aromatic carbocycles. The number of methoxy groups -OCH3 is 1. The van der Waals surface area contributed by atoms with Crippen LogP contribution in [0.5, 0.6) is 5.75 Å². The van der Waals surface area contributed by atoms with Crippen LogP contribution in [0, 0.1) is 11.3 Å². The Hall–Kier alpha value is -3.79. The number of carbonyl (C=O) groups excluding carboxylic acids is 2. The molecule has 0 N–H and O–H groups in total. The standard InChI is InChI=1S/C22H20N2O5/c1-27-20-13-17-7-3-2-6-16(17)12-19(20)22(26)29-15-21(25)24(10-5-9-23)14-18-8-4-11-28-18/h2-4,6-8,11-13H,5,10,14-15H2,1H3. The highest BCUT2D eigenvalue weighted by Gasteiger charge is 2.20. The second kappa shape index (κ2) is 9.42. The van der Waals surface area contributed by atoms with Crippen LogP contribution in [0.15, 0.2) is 59.2 Å². The molecule has 7 nitrogen and oxygen atoms in total. The first kappa shape index (κ1) is 20.0. The number of rotatable bonds is 8. The SMILES string of the molecule is COc1cc2ccccc2cc1C(=O)OCC(=O)N(CCC#N)Cc1ccco1. The minimum Gasteiger partial charge on any atom is -0.496 e. The summed E-state index contributed by atoms with van der Waals surface area (Å²) in [4.78, 5) is 26.6. The van der Waals surface area contributed by atoms with Crippen LogP contribution in [0.25, 0.3) is 10.8 Å². The van der Waals surface area contributed by atoms with Crippen LogP contribution in [-0.2, 0) is 16.1 Å². The molecule has 0 spiro atoms. The fourth-order valence-corrected chi connectivity index (χ4v) is 2.91. The lowest BCUT2D eigenvalue weighted by Crippen LogP contribution is -2.35. The smallest absolute Gasteiger partial charge is 0.342 e. The second-order valence-electron chi connectivity index (χ2n) is 6.28. The molecule has 0 saturated carbocycles. The van der Waals surface area contributed by atoms with Crippen LogP contribution < -0.4 is 4.74 Å². The largest absolute Gasteiger partial charge is 0.496 e. The van der Waals surface area contributed by atoms with Gasteiger partial charge in [0.1, 0.15) is 17.1 Å². The van der Waals surface area contributed by atoms with E-state index in [0.717, 1.165) is 10.8 Å². The van der Waals surface area contributed by atoms with E-state index in [4.69, 9.17) is 19.2 Å². The first-order valence-electron chi connectivity index (χ1n) is 9.03. The Morgan fingerprint density at radius 3 is 2.55 bits per heavy atom. The number of nitrogens with zero attached hydrogens (tertiary/aromatic N) is 2. The molecule has 0 aliphatic heterocycles. The summed E-state index contributed by atoms with van der Waals surface area (Å²) in [7, 11) is 1.47.